The first-order valence-electron chi connectivity index (χ1n) is 6.95. The quantitative estimate of drug-likeness (QED) is 0.821. The molecular weight excluding hydrogens is 228 g/mol. The van der Waals surface area contributed by atoms with E-state index in [1.54, 1.807) is 0 Å². The second kappa shape index (κ2) is 5.96. The Balaban J connectivity index is 2.17. The van der Waals surface area contributed by atoms with E-state index in [0.717, 1.165) is 12.5 Å². The second-order valence-corrected chi connectivity index (χ2v) is 6.05. The van der Waals surface area contributed by atoms with E-state index < -0.39 is 0 Å². The Bertz CT molecular complexity index is 323. The fourth-order valence-corrected chi connectivity index (χ4v) is 3.96. The van der Waals surface area contributed by atoms with Crippen molar-refractivity contribution in [1.82, 2.24) is 10.3 Å². The fourth-order valence-electron chi connectivity index (χ4n) is 3.09. The van der Waals surface area contributed by atoms with Gasteiger partial charge in [-0.05, 0) is 31.7 Å². The van der Waals surface area contributed by atoms with E-state index in [1.165, 1.54) is 43.5 Å². The molecule has 1 fully saturated rings. The van der Waals surface area contributed by atoms with Crippen molar-refractivity contribution >= 4 is 11.3 Å². The lowest BCUT2D eigenvalue weighted by atomic mass is 9.89. The Labute approximate surface area is 109 Å². The first kappa shape index (κ1) is 13.0. The summed E-state index contributed by atoms with van der Waals surface area (Å²) in [5, 5.41) is 7.14. The molecule has 3 heteroatoms. The maximum Gasteiger partial charge on any atom is 0.113 e. The molecule has 0 bridgehead atoms. The van der Waals surface area contributed by atoms with Gasteiger partial charge in [0.2, 0.25) is 0 Å². The summed E-state index contributed by atoms with van der Waals surface area (Å²) in [5.74, 6) is 0.926. The number of aromatic nitrogens is 1. The highest BCUT2D eigenvalue weighted by atomic mass is 32.1. The van der Waals surface area contributed by atoms with Crippen LogP contribution in [0.5, 0.6) is 0 Å². The molecule has 1 heterocycles. The third-order valence-electron chi connectivity index (χ3n) is 4.13. The van der Waals surface area contributed by atoms with Crippen LogP contribution in [0, 0.1) is 5.92 Å². The summed E-state index contributed by atoms with van der Waals surface area (Å²) < 4.78 is 0. The van der Waals surface area contributed by atoms with Gasteiger partial charge in [-0.25, -0.2) is 4.98 Å². The monoisotopic (exact) mass is 252 g/mol. The Morgan fingerprint density at radius 1 is 1.41 bits per heavy atom. The SMILES string of the molecule is CCNC1(c2nccs2)CCCC(CC)CC1. The maximum absolute atomic E-state index is 4.58. The van der Waals surface area contributed by atoms with E-state index in [1.807, 2.05) is 17.5 Å². The zero-order chi connectivity index (χ0) is 12.1. The highest BCUT2D eigenvalue weighted by Gasteiger charge is 2.35. The average Bonchev–Trinajstić information content (AvgIpc) is 2.80. The van der Waals surface area contributed by atoms with Gasteiger partial charge in [0.25, 0.3) is 0 Å². The molecule has 2 unspecified atom stereocenters. The fraction of sp³-hybridized carbons (Fsp3) is 0.786. The van der Waals surface area contributed by atoms with Crippen molar-refractivity contribution in [2.75, 3.05) is 6.54 Å². The minimum Gasteiger partial charge on any atom is -0.306 e. The lowest BCUT2D eigenvalue weighted by Gasteiger charge is -2.32. The van der Waals surface area contributed by atoms with Gasteiger partial charge >= 0.3 is 0 Å². The molecule has 0 saturated heterocycles. The highest BCUT2D eigenvalue weighted by molar-refractivity contribution is 7.09. The zero-order valence-electron chi connectivity index (χ0n) is 11.0. The lowest BCUT2D eigenvalue weighted by molar-refractivity contribution is 0.290. The molecule has 0 aromatic carbocycles. The van der Waals surface area contributed by atoms with Crippen LogP contribution >= 0.6 is 11.3 Å². The third-order valence-corrected chi connectivity index (χ3v) is 5.11. The Morgan fingerprint density at radius 2 is 2.29 bits per heavy atom. The van der Waals surface area contributed by atoms with Crippen LogP contribution in [0.1, 0.15) is 57.4 Å². The van der Waals surface area contributed by atoms with Gasteiger partial charge < -0.3 is 5.32 Å². The van der Waals surface area contributed by atoms with Crippen LogP contribution in [0.15, 0.2) is 11.6 Å². The number of thiazole rings is 1. The molecule has 17 heavy (non-hydrogen) atoms. The van der Waals surface area contributed by atoms with Gasteiger partial charge in [-0.1, -0.05) is 33.1 Å². The van der Waals surface area contributed by atoms with E-state index in [2.05, 4.69) is 29.5 Å². The Morgan fingerprint density at radius 3 is 2.94 bits per heavy atom. The minimum absolute atomic E-state index is 0.173. The third kappa shape index (κ3) is 2.89. The molecule has 1 N–H and O–H groups in total. The summed E-state index contributed by atoms with van der Waals surface area (Å²) in [7, 11) is 0. The Hall–Kier alpha value is -0.410. The molecule has 2 rings (SSSR count). The van der Waals surface area contributed by atoms with Gasteiger partial charge in [0.15, 0.2) is 0 Å². The number of nitrogens with one attached hydrogen (secondary N) is 1. The van der Waals surface area contributed by atoms with Crippen molar-refractivity contribution in [2.45, 2.75) is 57.9 Å². The van der Waals surface area contributed by atoms with Crippen LogP contribution in [-0.4, -0.2) is 11.5 Å². The summed E-state index contributed by atoms with van der Waals surface area (Å²) in [5.41, 5.74) is 0.173. The topological polar surface area (TPSA) is 24.9 Å². The summed E-state index contributed by atoms with van der Waals surface area (Å²) in [6.07, 6.45) is 9.88. The molecule has 0 aliphatic heterocycles. The van der Waals surface area contributed by atoms with Crippen molar-refractivity contribution in [3.63, 3.8) is 0 Å². The molecule has 1 aliphatic rings. The van der Waals surface area contributed by atoms with Crippen LogP contribution in [0.25, 0.3) is 0 Å². The van der Waals surface area contributed by atoms with Crippen molar-refractivity contribution in [3.05, 3.63) is 16.6 Å². The molecule has 1 aromatic rings. The summed E-state index contributed by atoms with van der Waals surface area (Å²) >= 11 is 1.81. The number of hydrogen-bond donors (Lipinski definition) is 1. The molecule has 0 spiro atoms. The van der Waals surface area contributed by atoms with Crippen LogP contribution in [-0.2, 0) is 5.54 Å². The van der Waals surface area contributed by atoms with Gasteiger partial charge in [0.05, 0.1) is 5.54 Å². The van der Waals surface area contributed by atoms with E-state index in [9.17, 15) is 0 Å². The molecule has 0 amide bonds. The molecule has 0 radical (unpaired) electrons. The van der Waals surface area contributed by atoms with Crippen LogP contribution in [0.2, 0.25) is 0 Å². The van der Waals surface area contributed by atoms with Gasteiger partial charge in [-0.3, -0.25) is 0 Å². The number of nitrogens with zero attached hydrogens (tertiary/aromatic N) is 1. The molecule has 96 valence electrons. The lowest BCUT2D eigenvalue weighted by Crippen LogP contribution is -2.41. The predicted molar refractivity (Wildman–Crippen MR) is 74.3 cm³/mol. The molecule has 1 aromatic heterocycles. The molecule has 2 nitrogen and oxygen atoms in total. The smallest absolute Gasteiger partial charge is 0.113 e. The van der Waals surface area contributed by atoms with Crippen molar-refractivity contribution < 1.29 is 0 Å². The average molecular weight is 252 g/mol. The van der Waals surface area contributed by atoms with E-state index in [4.69, 9.17) is 0 Å². The van der Waals surface area contributed by atoms with Gasteiger partial charge in [0.1, 0.15) is 5.01 Å². The number of rotatable bonds is 4. The van der Waals surface area contributed by atoms with Gasteiger partial charge in [0, 0.05) is 11.6 Å². The summed E-state index contributed by atoms with van der Waals surface area (Å²) in [6, 6.07) is 0. The Kier molecular flexibility index (Phi) is 4.57. The van der Waals surface area contributed by atoms with Crippen molar-refractivity contribution in [2.24, 2.45) is 5.92 Å². The van der Waals surface area contributed by atoms with Crippen LogP contribution in [0.4, 0.5) is 0 Å². The van der Waals surface area contributed by atoms with Crippen molar-refractivity contribution in [1.29, 1.82) is 0 Å². The molecule has 1 saturated carbocycles. The standard InChI is InChI=1S/C14H24N2S/c1-3-12-6-5-8-14(9-7-12,16-4-2)13-15-10-11-17-13/h10-12,16H,3-9H2,1-2H3. The van der Waals surface area contributed by atoms with Crippen molar-refractivity contribution in [3.8, 4) is 0 Å². The van der Waals surface area contributed by atoms with Crippen LogP contribution < -0.4 is 5.32 Å². The predicted octanol–water partition coefficient (Wildman–Crippen LogP) is 3.94. The second-order valence-electron chi connectivity index (χ2n) is 5.15. The molecular formula is C14H24N2S. The van der Waals surface area contributed by atoms with Gasteiger partial charge in [-0.15, -0.1) is 11.3 Å². The van der Waals surface area contributed by atoms with Gasteiger partial charge in [-0.2, -0.15) is 0 Å². The maximum atomic E-state index is 4.58. The largest absolute Gasteiger partial charge is 0.306 e. The highest BCUT2D eigenvalue weighted by Crippen LogP contribution is 2.39. The number of hydrogen-bond acceptors (Lipinski definition) is 3. The first-order chi connectivity index (χ1) is 8.30. The van der Waals surface area contributed by atoms with Crippen LogP contribution in [0.3, 0.4) is 0 Å². The van der Waals surface area contributed by atoms with E-state index >= 15 is 0 Å². The van der Waals surface area contributed by atoms with E-state index in [0.29, 0.717) is 0 Å². The normalized spacial score (nSPS) is 30.1. The molecule has 1 aliphatic carbocycles. The molecule has 2 atom stereocenters. The summed E-state index contributed by atoms with van der Waals surface area (Å²) in [4.78, 5) is 4.58. The minimum atomic E-state index is 0.173. The zero-order valence-corrected chi connectivity index (χ0v) is 11.9. The van der Waals surface area contributed by atoms with E-state index in [-0.39, 0.29) is 5.54 Å². The first-order valence-corrected chi connectivity index (χ1v) is 7.83. The summed E-state index contributed by atoms with van der Waals surface area (Å²) in [6.45, 7) is 5.57.